The number of carbonyl (C=O) groups excluding carboxylic acids is 1. The summed E-state index contributed by atoms with van der Waals surface area (Å²) < 4.78 is 27.5. The molecule has 1 fully saturated rings. The van der Waals surface area contributed by atoms with Crippen LogP contribution in [0.1, 0.15) is 36.4 Å². The van der Waals surface area contributed by atoms with Gasteiger partial charge in [0, 0.05) is 37.7 Å². The van der Waals surface area contributed by atoms with Crippen LogP contribution in [0, 0.1) is 5.92 Å². The summed E-state index contributed by atoms with van der Waals surface area (Å²) >= 11 is 0. The van der Waals surface area contributed by atoms with Gasteiger partial charge in [-0.2, -0.15) is 0 Å². The van der Waals surface area contributed by atoms with Gasteiger partial charge in [-0.3, -0.25) is 14.5 Å². The molecule has 4 rings (SSSR count). The van der Waals surface area contributed by atoms with E-state index in [2.05, 4.69) is 5.32 Å². The highest BCUT2D eigenvalue weighted by molar-refractivity contribution is 5.79. The maximum atomic E-state index is 12.8. The molecular weight excluding hydrogens is 480 g/mol. The van der Waals surface area contributed by atoms with Gasteiger partial charge >= 0.3 is 5.97 Å². The molecule has 10 nitrogen and oxygen atoms in total. The molecule has 1 amide bonds. The molecule has 10 heteroatoms. The van der Waals surface area contributed by atoms with Gasteiger partial charge in [-0.05, 0) is 30.2 Å². The molecule has 0 radical (unpaired) electrons. The van der Waals surface area contributed by atoms with Gasteiger partial charge in [-0.25, -0.2) is 0 Å². The van der Waals surface area contributed by atoms with E-state index in [0.29, 0.717) is 48.3 Å². The first kappa shape index (κ1) is 26.6. The Bertz CT molecular complexity index is 1110. The monoisotopic (exact) mass is 514 g/mol. The van der Waals surface area contributed by atoms with E-state index in [0.717, 1.165) is 12.0 Å². The van der Waals surface area contributed by atoms with Crippen LogP contribution in [0.15, 0.2) is 36.4 Å². The van der Waals surface area contributed by atoms with Gasteiger partial charge < -0.3 is 34.1 Å². The summed E-state index contributed by atoms with van der Waals surface area (Å²) in [6.45, 7) is 3.74. The Labute approximate surface area is 216 Å². The highest BCUT2D eigenvalue weighted by atomic mass is 16.7. The Morgan fingerprint density at radius 3 is 2.65 bits per heavy atom. The molecule has 0 aliphatic carbocycles. The van der Waals surface area contributed by atoms with Crippen molar-refractivity contribution in [3.63, 3.8) is 0 Å². The largest absolute Gasteiger partial charge is 0.497 e. The van der Waals surface area contributed by atoms with Gasteiger partial charge in [0.2, 0.25) is 12.7 Å². The number of nitrogens with one attached hydrogen (secondary N) is 1. The number of likely N-dealkylation sites (tertiary alicyclic amines) is 1. The fourth-order valence-corrected chi connectivity index (χ4v) is 4.99. The van der Waals surface area contributed by atoms with Gasteiger partial charge in [0.05, 0.1) is 32.2 Å². The van der Waals surface area contributed by atoms with Crippen molar-refractivity contribution in [1.29, 1.82) is 0 Å². The van der Waals surface area contributed by atoms with Gasteiger partial charge in [-0.15, -0.1) is 0 Å². The average molecular weight is 515 g/mol. The van der Waals surface area contributed by atoms with Crippen molar-refractivity contribution in [3.8, 4) is 23.0 Å². The molecule has 2 aromatic carbocycles. The Morgan fingerprint density at radius 2 is 1.92 bits per heavy atom. The number of ether oxygens (including phenoxy) is 5. The van der Waals surface area contributed by atoms with E-state index < -0.39 is 23.8 Å². The molecule has 2 heterocycles. The molecule has 2 aromatic rings. The average Bonchev–Trinajstić information content (AvgIpc) is 3.51. The summed E-state index contributed by atoms with van der Waals surface area (Å²) in [6.07, 6.45) is 0.808. The van der Waals surface area contributed by atoms with Crippen molar-refractivity contribution in [3.05, 3.63) is 47.5 Å². The molecule has 2 aliphatic heterocycles. The minimum atomic E-state index is -0.956. The van der Waals surface area contributed by atoms with Gasteiger partial charge in [0.1, 0.15) is 18.1 Å². The van der Waals surface area contributed by atoms with Gasteiger partial charge in [0.25, 0.3) is 0 Å². The van der Waals surface area contributed by atoms with Crippen LogP contribution >= 0.6 is 0 Å². The second-order valence-corrected chi connectivity index (χ2v) is 9.05. The van der Waals surface area contributed by atoms with Crippen LogP contribution in [-0.4, -0.2) is 75.7 Å². The zero-order valence-electron chi connectivity index (χ0n) is 21.4. The van der Waals surface area contributed by atoms with Crippen LogP contribution in [0.2, 0.25) is 0 Å². The van der Waals surface area contributed by atoms with Crippen LogP contribution in [0.3, 0.4) is 0 Å². The maximum absolute atomic E-state index is 12.8. The first-order valence-corrected chi connectivity index (χ1v) is 12.4. The first-order valence-electron chi connectivity index (χ1n) is 12.4. The van der Waals surface area contributed by atoms with Crippen molar-refractivity contribution in [2.75, 3.05) is 53.9 Å². The first-order chi connectivity index (χ1) is 18.0. The van der Waals surface area contributed by atoms with E-state index in [1.807, 2.05) is 30.0 Å². The van der Waals surface area contributed by atoms with Crippen molar-refractivity contribution < 1.29 is 38.4 Å². The van der Waals surface area contributed by atoms with Crippen LogP contribution in [-0.2, 0) is 14.3 Å². The number of benzene rings is 2. The summed E-state index contributed by atoms with van der Waals surface area (Å²) in [6, 6.07) is 10.2. The number of amides is 1. The molecule has 0 saturated carbocycles. The van der Waals surface area contributed by atoms with Crippen LogP contribution in [0.4, 0.5) is 0 Å². The van der Waals surface area contributed by atoms with Crippen LogP contribution in [0.5, 0.6) is 23.0 Å². The minimum Gasteiger partial charge on any atom is -0.497 e. The number of hydrogen-bond acceptors (Lipinski definition) is 8. The van der Waals surface area contributed by atoms with E-state index in [1.54, 1.807) is 32.4 Å². The predicted octanol–water partition coefficient (Wildman–Crippen LogP) is 2.82. The Kier molecular flexibility index (Phi) is 8.73. The SMILES string of the molecule is CCCNC(=O)CN1CC(c2ccc3c(c2)OCO3)C(C(=O)O)C1c1ccc(OC)cc1OCCOC. The quantitative estimate of drug-likeness (QED) is 0.413. The summed E-state index contributed by atoms with van der Waals surface area (Å²) in [5.74, 6) is -0.0585. The lowest BCUT2D eigenvalue weighted by atomic mass is 9.82. The topological polar surface area (TPSA) is 116 Å². The molecule has 37 heavy (non-hydrogen) atoms. The minimum absolute atomic E-state index is 0.0546. The van der Waals surface area contributed by atoms with Crippen LogP contribution < -0.4 is 24.3 Å². The van der Waals surface area contributed by atoms with E-state index >= 15 is 0 Å². The van der Waals surface area contributed by atoms with Gasteiger partial charge in [-0.1, -0.05) is 19.1 Å². The molecular formula is C27H34N2O8. The molecule has 1 saturated heterocycles. The lowest BCUT2D eigenvalue weighted by Gasteiger charge is -2.28. The number of carboxylic acid groups (broad SMARTS) is 1. The third-order valence-corrected chi connectivity index (χ3v) is 6.71. The Hall–Kier alpha value is -3.50. The van der Waals surface area contributed by atoms with Crippen LogP contribution in [0.25, 0.3) is 0 Å². The highest BCUT2D eigenvalue weighted by Crippen LogP contribution is 2.49. The number of fused-ring (bicyclic) bond motifs is 1. The normalized spacial score (nSPS) is 20.6. The third kappa shape index (κ3) is 5.91. The second-order valence-electron chi connectivity index (χ2n) is 9.05. The predicted molar refractivity (Wildman–Crippen MR) is 134 cm³/mol. The fraction of sp³-hybridized carbons (Fsp3) is 0.481. The maximum Gasteiger partial charge on any atom is 0.309 e. The van der Waals surface area contributed by atoms with Gasteiger partial charge in [0.15, 0.2) is 11.5 Å². The molecule has 200 valence electrons. The lowest BCUT2D eigenvalue weighted by molar-refractivity contribution is -0.143. The van der Waals surface area contributed by atoms with E-state index in [9.17, 15) is 14.7 Å². The molecule has 2 N–H and O–H groups in total. The Morgan fingerprint density at radius 1 is 1.11 bits per heavy atom. The van der Waals surface area contributed by atoms with Crippen molar-refractivity contribution in [2.24, 2.45) is 5.92 Å². The smallest absolute Gasteiger partial charge is 0.309 e. The summed E-state index contributed by atoms with van der Waals surface area (Å²) in [7, 11) is 3.14. The van der Waals surface area contributed by atoms with E-state index in [1.165, 1.54) is 0 Å². The van der Waals surface area contributed by atoms with Crippen molar-refractivity contribution >= 4 is 11.9 Å². The molecule has 2 aliphatic rings. The van der Waals surface area contributed by atoms with Crippen molar-refractivity contribution in [1.82, 2.24) is 10.2 Å². The molecule has 0 spiro atoms. The second kappa shape index (κ2) is 12.2. The Balaban J connectivity index is 1.75. The zero-order chi connectivity index (χ0) is 26.4. The number of methoxy groups -OCH3 is 2. The molecule has 0 aromatic heterocycles. The highest BCUT2D eigenvalue weighted by Gasteiger charge is 2.49. The standard InChI is InChI=1S/C27H34N2O8/c1-4-9-28-24(30)15-29-14-20(17-5-8-21-23(12-17)37-16-36-21)25(27(31)32)26(29)19-7-6-18(34-3)13-22(19)35-11-10-33-2/h5-8,12-13,20,25-26H,4,9-11,14-16H2,1-3H3,(H,28,30)(H,31,32). The zero-order valence-corrected chi connectivity index (χ0v) is 21.4. The number of nitrogens with zero attached hydrogens (tertiary/aromatic N) is 1. The molecule has 3 unspecified atom stereocenters. The summed E-state index contributed by atoms with van der Waals surface area (Å²) in [5.41, 5.74) is 1.49. The van der Waals surface area contributed by atoms with E-state index in [-0.39, 0.29) is 25.9 Å². The fourth-order valence-electron chi connectivity index (χ4n) is 4.99. The molecule has 0 bridgehead atoms. The summed E-state index contributed by atoms with van der Waals surface area (Å²) in [5, 5.41) is 13.4. The lowest BCUT2D eigenvalue weighted by Crippen LogP contribution is -2.38. The number of aliphatic carboxylic acids is 1. The number of carboxylic acids is 1. The summed E-state index contributed by atoms with van der Waals surface area (Å²) in [4.78, 5) is 27.6. The third-order valence-electron chi connectivity index (χ3n) is 6.71. The number of hydrogen-bond donors (Lipinski definition) is 2. The van der Waals surface area contributed by atoms with Crippen molar-refractivity contribution in [2.45, 2.75) is 25.3 Å². The van der Waals surface area contributed by atoms with E-state index in [4.69, 9.17) is 23.7 Å². The molecule has 3 atom stereocenters. The number of rotatable bonds is 12. The number of carbonyl (C=O) groups is 2.